The van der Waals surface area contributed by atoms with E-state index in [2.05, 4.69) is 49.1 Å². The molecule has 0 aliphatic carbocycles. The Kier molecular flexibility index (Phi) is 7.35. The van der Waals surface area contributed by atoms with E-state index in [1.165, 1.54) is 16.9 Å². The van der Waals surface area contributed by atoms with Crippen molar-refractivity contribution in [2.45, 2.75) is 39.7 Å². The number of carbonyl (C=O) groups is 1. The third kappa shape index (κ3) is 5.40. The molecule has 8 heteroatoms. The molecule has 0 spiro atoms. The topological polar surface area (TPSA) is 81.9 Å². The fourth-order valence-electron chi connectivity index (χ4n) is 2.75. The zero-order chi connectivity index (χ0) is 19.1. The summed E-state index contributed by atoms with van der Waals surface area (Å²) in [5, 5.41) is 8.51. The lowest BCUT2D eigenvalue weighted by Gasteiger charge is -2.18. The van der Waals surface area contributed by atoms with Gasteiger partial charge in [-0.15, -0.1) is 11.3 Å². The van der Waals surface area contributed by atoms with Gasteiger partial charge >= 0.3 is 11.6 Å². The molecule has 0 saturated carbocycles. The van der Waals surface area contributed by atoms with E-state index in [0.717, 1.165) is 22.3 Å². The van der Waals surface area contributed by atoms with E-state index in [-0.39, 0.29) is 11.8 Å². The van der Waals surface area contributed by atoms with Crippen LogP contribution >= 0.6 is 11.3 Å². The van der Waals surface area contributed by atoms with Gasteiger partial charge in [0.15, 0.2) is 5.78 Å². The molecule has 1 aromatic carbocycles. The van der Waals surface area contributed by atoms with E-state index < -0.39 is 11.6 Å². The van der Waals surface area contributed by atoms with Crippen LogP contribution in [0.2, 0.25) is 0 Å². The Labute approximate surface area is 159 Å². The first-order valence-electron chi connectivity index (χ1n) is 8.23. The van der Waals surface area contributed by atoms with Gasteiger partial charge in [-0.1, -0.05) is 26.0 Å². The van der Waals surface area contributed by atoms with Gasteiger partial charge in [0.2, 0.25) is 0 Å². The molecule has 0 aliphatic heterocycles. The van der Waals surface area contributed by atoms with Gasteiger partial charge in [0.1, 0.15) is 6.04 Å². The van der Waals surface area contributed by atoms with Gasteiger partial charge in [-0.3, -0.25) is 9.48 Å². The lowest BCUT2D eigenvalue weighted by molar-refractivity contribution is -0.122. The lowest BCUT2D eigenvalue weighted by Crippen LogP contribution is -2.23. The Bertz CT molecular complexity index is 898. The van der Waals surface area contributed by atoms with Crippen LogP contribution in [0.25, 0.3) is 10.9 Å². The van der Waals surface area contributed by atoms with Crippen molar-refractivity contribution in [1.82, 2.24) is 14.8 Å². The summed E-state index contributed by atoms with van der Waals surface area (Å²) in [6.07, 6.45) is 4.90. The minimum absolute atomic E-state index is 0.179. The summed E-state index contributed by atoms with van der Waals surface area (Å²) in [6, 6.07) is 5.96. The lowest BCUT2D eigenvalue weighted by atomic mass is 9.99. The Morgan fingerprint density at radius 1 is 1.31 bits per heavy atom. The number of fused-ring (bicyclic) bond motifs is 1. The van der Waals surface area contributed by atoms with Gasteiger partial charge in [-0.25, -0.2) is 4.98 Å². The van der Waals surface area contributed by atoms with E-state index in [0.29, 0.717) is 12.3 Å². The van der Waals surface area contributed by atoms with Crippen LogP contribution in [0.5, 0.6) is 0 Å². The molecule has 0 radical (unpaired) electrons. The second-order valence-corrected chi connectivity index (χ2v) is 7.57. The van der Waals surface area contributed by atoms with E-state index in [4.69, 9.17) is 8.42 Å². The van der Waals surface area contributed by atoms with Gasteiger partial charge < -0.3 is 0 Å². The van der Waals surface area contributed by atoms with E-state index in [1.807, 2.05) is 16.3 Å². The molecule has 0 N–H and O–H groups in total. The number of ketones is 1. The predicted molar refractivity (Wildman–Crippen MR) is 103 cm³/mol. The summed E-state index contributed by atoms with van der Waals surface area (Å²) < 4.78 is 18.4. The Balaban J connectivity index is 0.000000758. The molecule has 0 amide bonds. The highest BCUT2D eigenvalue weighted by Gasteiger charge is 2.23. The summed E-state index contributed by atoms with van der Waals surface area (Å²) in [5.41, 5.74) is 2.12. The molecule has 3 rings (SSSR count). The minimum Gasteiger partial charge on any atom is -0.297 e. The zero-order valence-electron chi connectivity index (χ0n) is 14.9. The molecule has 0 bridgehead atoms. The first kappa shape index (κ1) is 20.1. The smallest absolute Gasteiger partial charge is 0.297 e. The van der Waals surface area contributed by atoms with Crippen LogP contribution in [0.3, 0.4) is 0 Å². The molecule has 2 heterocycles. The molecule has 0 saturated heterocycles. The van der Waals surface area contributed by atoms with Gasteiger partial charge in [-0.2, -0.15) is 13.5 Å². The van der Waals surface area contributed by atoms with Crippen LogP contribution in [0, 0.1) is 12.8 Å². The van der Waals surface area contributed by atoms with Crippen molar-refractivity contribution in [3.05, 3.63) is 46.5 Å². The Hall–Kier alpha value is -2.19. The molecular weight excluding hydrogens is 370 g/mol. The van der Waals surface area contributed by atoms with Crippen molar-refractivity contribution in [1.29, 1.82) is 0 Å². The van der Waals surface area contributed by atoms with Gasteiger partial charge in [-0.05, 0) is 30.9 Å². The first-order valence-corrected chi connectivity index (χ1v) is 9.77. The monoisotopic (exact) mass is 391 g/mol. The number of carbonyl (C=O) groups excluding carboxylic acids is 1. The van der Waals surface area contributed by atoms with Gasteiger partial charge in [0, 0.05) is 23.2 Å². The summed E-state index contributed by atoms with van der Waals surface area (Å²) >= 11 is 0.778. The largest absolute Gasteiger partial charge is 0.335 e. The zero-order valence-corrected chi connectivity index (χ0v) is 16.5. The van der Waals surface area contributed by atoms with Crippen molar-refractivity contribution in [3.63, 3.8) is 0 Å². The maximum atomic E-state index is 12.8. The quantitative estimate of drug-likeness (QED) is 0.642. The summed E-state index contributed by atoms with van der Waals surface area (Å²) in [5.74, 6) is 0.604. The highest BCUT2D eigenvalue weighted by molar-refractivity contribution is 7.51. The molecule has 1 atom stereocenters. The summed E-state index contributed by atoms with van der Waals surface area (Å²) in [7, 11) is 0. The van der Waals surface area contributed by atoms with Crippen molar-refractivity contribution in [2.75, 3.05) is 0 Å². The van der Waals surface area contributed by atoms with E-state index in [1.54, 1.807) is 6.20 Å². The number of aryl methyl sites for hydroxylation is 1. The number of aromatic nitrogens is 3. The van der Waals surface area contributed by atoms with Crippen LogP contribution in [0.15, 0.2) is 36.0 Å². The van der Waals surface area contributed by atoms with E-state index >= 15 is 0 Å². The second-order valence-electron chi connectivity index (χ2n) is 6.45. The number of benzene rings is 1. The first-order chi connectivity index (χ1) is 12.4. The predicted octanol–water partition coefficient (Wildman–Crippen LogP) is 3.53. The van der Waals surface area contributed by atoms with Crippen molar-refractivity contribution < 1.29 is 13.2 Å². The van der Waals surface area contributed by atoms with E-state index in [9.17, 15) is 4.79 Å². The maximum Gasteiger partial charge on any atom is 0.335 e. The van der Waals surface area contributed by atoms with Crippen LogP contribution in [-0.2, 0) is 22.8 Å². The van der Waals surface area contributed by atoms with Crippen LogP contribution in [0.4, 0.5) is 0 Å². The molecule has 2 aromatic heterocycles. The number of thiazole rings is 1. The summed E-state index contributed by atoms with van der Waals surface area (Å²) in [4.78, 5) is 17.0. The number of rotatable bonds is 6. The fourth-order valence-corrected chi connectivity index (χ4v) is 3.37. The molecular formula is C18H21N3O3S2. The Morgan fingerprint density at radius 2 is 2.04 bits per heavy atom. The van der Waals surface area contributed by atoms with Crippen LogP contribution in [0.1, 0.15) is 36.9 Å². The van der Waals surface area contributed by atoms with Crippen molar-refractivity contribution >= 4 is 39.6 Å². The third-order valence-corrected chi connectivity index (χ3v) is 4.65. The number of Topliss-reactive ketones (excluding diaryl/α,β-unsaturated/α-hetero) is 1. The Morgan fingerprint density at radius 3 is 2.65 bits per heavy atom. The normalized spacial score (nSPS) is 11.8. The molecule has 6 nitrogen and oxygen atoms in total. The fraction of sp³-hybridized carbons (Fsp3) is 0.389. The van der Waals surface area contributed by atoms with Crippen LogP contribution < -0.4 is 0 Å². The second kappa shape index (κ2) is 9.49. The van der Waals surface area contributed by atoms with Gasteiger partial charge in [0.25, 0.3) is 0 Å². The van der Waals surface area contributed by atoms with Crippen LogP contribution in [-0.4, -0.2) is 29.0 Å². The van der Waals surface area contributed by atoms with Crippen molar-refractivity contribution in [2.24, 2.45) is 5.92 Å². The third-order valence-electron chi connectivity index (χ3n) is 3.88. The molecule has 3 aromatic rings. The maximum absolute atomic E-state index is 12.8. The average molecular weight is 392 g/mol. The molecule has 26 heavy (non-hydrogen) atoms. The van der Waals surface area contributed by atoms with Gasteiger partial charge in [0.05, 0.1) is 16.9 Å². The summed E-state index contributed by atoms with van der Waals surface area (Å²) in [6.45, 7) is 6.33. The molecule has 1 unspecified atom stereocenters. The standard InChI is InChI=1S/C18H21N3OS.O2S/c1-12(2)8-16(17(22)10-18-19-6-7-23-18)21-11-14-5-4-13(3)9-15(14)20-21;1-3-2/h4-7,9,11-12,16H,8,10H2,1-3H3;. The van der Waals surface area contributed by atoms with Crippen molar-refractivity contribution in [3.8, 4) is 0 Å². The molecule has 138 valence electrons. The highest BCUT2D eigenvalue weighted by atomic mass is 32.1. The number of hydrogen-bond donors (Lipinski definition) is 0. The number of nitrogens with zero attached hydrogens (tertiary/aromatic N) is 3. The molecule has 0 aliphatic rings. The number of hydrogen-bond acceptors (Lipinski definition) is 6. The average Bonchev–Trinajstić information content (AvgIpc) is 3.21. The highest BCUT2D eigenvalue weighted by Crippen LogP contribution is 2.24. The molecule has 0 fully saturated rings. The SMILES string of the molecule is Cc1ccc2cn(C(CC(C)C)C(=O)Cc3nccs3)nc2c1.O=S=O. The minimum atomic E-state index is -0.750.